The number of benzene rings is 1. The summed E-state index contributed by atoms with van der Waals surface area (Å²) in [5.41, 5.74) is 2.15. The third-order valence-corrected chi connectivity index (χ3v) is 4.15. The maximum Gasteiger partial charge on any atom is 0.410 e. The van der Waals surface area contributed by atoms with Crippen LogP contribution in [-0.4, -0.2) is 42.3 Å². The van der Waals surface area contributed by atoms with Gasteiger partial charge in [-0.25, -0.2) is 4.79 Å². The summed E-state index contributed by atoms with van der Waals surface area (Å²) in [5, 5.41) is 0. The van der Waals surface area contributed by atoms with Gasteiger partial charge < -0.3 is 14.5 Å². The maximum absolute atomic E-state index is 12.2. The number of carbonyl (C=O) groups is 1. The number of nitrogens with zero attached hydrogens (tertiary/aromatic N) is 2. The quantitative estimate of drug-likeness (QED) is 0.817. The highest BCUT2D eigenvalue weighted by Crippen LogP contribution is 2.25. The van der Waals surface area contributed by atoms with Gasteiger partial charge in [-0.1, -0.05) is 26.0 Å². The number of hydrogen-bond acceptors (Lipinski definition) is 3. The molecule has 23 heavy (non-hydrogen) atoms. The minimum absolute atomic E-state index is 0.208. The topological polar surface area (TPSA) is 32.8 Å². The molecule has 2 rings (SSSR count). The van der Waals surface area contributed by atoms with Gasteiger partial charge in [0, 0.05) is 31.4 Å². The molecule has 1 atom stereocenters. The lowest BCUT2D eigenvalue weighted by Crippen LogP contribution is -2.54. The predicted octanol–water partition coefficient (Wildman–Crippen LogP) is 4.26. The minimum Gasteiger partial charge on any atom is -0.444 e. The van der Waals surface area contributed by atoms with E-state index >= 15 is 0 Å². The summed E-state index contributed by atoms with van der Waals surface area (Å²) in [7, 11) is 0. The van der Waals surface area contributed by atoms with Crippen molar-refractivity contribution in [2.24, 2.45) is 0 Å². The standard InChI is InChI=1S/C19H30N2O2/c1-14(2)16-8-7-9-17(12-16)21-11-10-20(13-15(21)3)18(22)23-19(4,5)6/h7-9,12,14-15H,10-11,13H2,1-6H3/t15-/m0/s1. The zero-order chi connectivity index (χ0) is 17.2. The Labute approximate surface area is 140 Å². The Bertz CT molecular complexity index is 549. The summed E-state index contributed by atoms with van der Waals surface area (Å²) in [6.07, 6.45) is -0.208. The lowest BCUT2D eigenvalue weighted by Gasteiger charge is -2.41. The Morgan fingerprint density at radius 3 is 2.52 bits per heavy atom. The van der Waals surface area contributed by atoms with Gasteiger partial charge in [0.15, 0.2) is 0 Å². The summed E-state index contributed by atoms with van der Waals surface area (Å²) in [4.78, 5) is 16.4. The molecule has 1 aliphatic heterocycles. The molecular formula is C19H30N2O2. The van der Waals surface area contributed by atoms with Crippen LogP contribution in [0.15, 0.2) is 24.3 Å². The zero-order valence-electron chi connectivity index (χ0n) is 15.3. The summed E-state index contributed by atoms with van der Waals surface area (Å²) < 4.78 is 5.49. The normalized spacial score (nSPS) is 19.2. The van der Waals surface area contributed by atoms with Gasteiger partial charge in [0.1, 0.15) is 5.60 Å². The molecule has 128 valence electrons. The molecule has 1 aromatic rings. The second kappa shape index (κ2) is 6.81. The van der Waals surface area contributed by atoms with Gasteiger partial charge >= 0.3 is 6.09 Å². The molecular weight excluding hydrogens is 288 g/mol. The average molecular weight is 318 g/mol. The van der Waals surface area contributed by atoms with E-state index < -0.39 is 5.60 Å². The van der Waals surface area contributed by atoms with Crippen LogP contribution >= 0.6 is 0 Å². The van der Waals surface area contributed by atoms with Crippen molar-refractivity contribution < 1.29 is 9.53 Å². The molecule has 0 bridgehead atoms. The highest BCUT2D eigenvalue weighted by Gasteiger charge is 2.29. The highest BCUT2D eigenvalue weighted by atomic mass is 16.6. The second-order valence-electron chi connectivity index (χ2n) is 7.72. The van der Waals surface area contributed by atoms with E-state index in [0.717, 1.165) is 6.54 Å². The van der Waals surface area contributed by atoms with Crippen molar-refractivity contribution in [1.29, 1.82) is 0 Å². The molecule has 0 spiro atoms. The lowest BCUT2D eigenvalue weighted by molar-refractivity contribution is 0.0219. The highest BCUT2D eigenvalue weighted by molar-refractivity contribution is 5.69. The first-order valence-electron chi connectivity index (χ1n) is 8.52. The molecule has 0 aliphatic carbocycles. The summed E-state index contributed by atoms with van der Waals surface area (Å²) in [5.74, 6) is 0.522. The molecule has 1 heterocycles. The number of rotatable bonds is 2. The van der Waals surface area contributed by atoms with Crippen molar-refractivity contribution >= 4 is 11.8 Å². The summed E-state index contributed by atoms with van der Waals surface area (Å²) in [6, 6.07) is 9.00. The number of piperazine rings is 1. The first-order valence-corrected chi connectivity index (χ1v) is 8.52. The fraction of sp³-hybridized carbons (Fsp3) is 0.632. The van der Waals surface area contributed by atoms with E-state index in [0.29, 0.717) is 19.0 Å². The molecule has 1 aliphatic rings. The van der Waals surface area contributed by atoms with Crippen molar-refractivity contribution in [2.45, 2.75) is 59.1 Å². The smallest absolute Gasteiger partial charge is 0.410 e. The fourth-order valence-electron chi connectivity index (χ4n) is 2.90. The Morgan fingerprint density at radius 2 is 1.96 bits per heavy atom. The van der Waals surface area contributed by atoms with E-state index in [1.54, 1.807) is 0 Å². The largest absolute Gasteiger partial charge is 0.444 e. The van der Waals surface area contributed by atoms with E-state index in [4.69, 9.17) is 4.74 Å². The first-order chi connectivity index (χ1) is 10.7. The summed E-state index contributed by atoms with van der Waals surface area (Å²) >= 11 is 0. The molecule has 1 amide bonds. The van der Waals surface area contributed by atoms with E-state index in [9.17, 15) is 4.79 Å². The number of ether oxygens (including phenoxy) is 1. The number of amides is 1. The van der Waals surface area contributed by atoms with E-state index in [1.165, 1.54) is 11.3 Å². The molecule has 4 heteroatoms. The fourth-order valence-corrected chi connectivity index (χ4v) is 2.90. The number of carbonyl (C=O) groups excluding carboxylic acids is 1. The average Bonchev–Trinajstić information content (AvgIpc) is 2.45. The van der Waals surface area contributed by atoms with E-state index in [-0.39, 0.29) is 12.1 Å². The van der Waals surface area contributed by atoms with Gasteiger partial charge in [-0.05, 0) is 51.3 Å². The van der Waals surface area contributed by atoms with Crippen LogP contribution in [0.1, 0.15) is 53.0 Å². The molecule has 0 saturated carbocycles. The number of hydrogen-bond donors (Lipinski definition) is 0. The molecule has 0 N–H and O–H groups in total. The third kappa shape index (κ3) is 4.63. The van der Waals surface area contributed by atoms with Crippen LogP contribution in [0.2, 0.25) is 0 Å². The SMILES string of the molecule is CC(C)c1cccc(N2CCN(C(=O)OC(C)(C)C)C[C@@H]2C)c1. The second-order valence-corrected chi connectivity index (χ2v) is 7.72. The van der Waals surface area contributed by atoms with E-state index in [1.807, 2.05) is 25.7 Å². The van der Waals surface area contributed by atoms with Crippen molar-refractivity contribution in [1.82, 2.24) is 4.90 Å². The van der Waals surface area contributed by atoms with Crippen LogP contribution in [0.3, 0.4) is 0 Å². The number of anilines is 1. The molecule has 1 aromatic carbocycles. The molecule has 0 radical (unpaired) electrons. The van der Waals surface area contributed by atoms with Gasteiger partial charge in [-0.15, -0.1) is 0 Å². The van der Waals surface area contributed by atoms with Crippen LogP contribution in [0.25, 0.3) is 0 Å². The van der Waals surface area contributed by atoms with Gasteiger partial charge in [0.2, 0.25) is 0 Å². The lowest BCUT2D eigenvalue weighted by atomic mass is 10.0. The van der Waals surface area contributed by atoms with Gasteiger partial charge in [-0.3, -0.25) is 0 Å². The van der Waals surface area contributed by atoms with Crippen LogP contribution in [-0.2, 0) is 4.74 Å². The van der Waals surface area contributed by atoms with Crippen molar-refractivity contribution in [3.63, 3.8) is 0 Å². The van der Waals surface area contributed by atoms with Crippen LogP contribution < -0.4 is 4.90 Å². The van der Waals surface area contributed by atoms with Crippen molar-refractivity contribution in [3.8, 4) is 0 Å². The Kier molecular flexibility index (Phi) is 5.23. The van der Waals surface area contributed by atoms with Crippen molar-refractivity contribution in [3.05, 3.63) is 29.8 Å². The maximum atomic E-state index is 12.2. The van der Waals surface area contributed by atoms with Gasteiger partial charge in [0.05, 0.1) is 0 Å². The minimum atomic E-state index is -0.441. The van der Waals surface area contributed by atoms with Crippen LogP contribution in [0.5, 0.6) is 0 Å². The molecule has 0 unspecified atom stereocenters. The molecule has 1 saturated heterocycles. The van der Waals surface area contributed by atoms with Crippen LogP contribution in [0.4, 0.5) is 10.5 Å². The predicted molar refractivity (Wildman–Crippen MR) is 95.1 cm³/mol. The zero-order valence-corrected chi connectivity index (χ0v) is 15.3. The van der Waals surface area contributed by atoms with Crippen LogP contribution in [0, 0.1) is 0 Å². The Hall–Kier alpha value is -1.71. The van der Waals surface area contributed by atoms with Gasteiger partial charge in [0.25, 0.3) is 0 Å². The Morgan fingerprint density at radius 1 is 1.26 bits per heavy atom. The molecule has 1 fully saturated rings. The summed E-state index contributed by atoms with van der Waals surface area (Å²) in [6.45, 7) is 14.5. The monoisotopic (exact) mass is 318 g/mol. The first kappa shape index (κ1) is 17.6. The van der Waals surface area contributed by atoms with Crippen molar-refractivity contribution in [2.75, 3.05) is 24.5 Å². The molecule has 4 nitrogen and oxygen atoms in total. The van der Waals surface area contributed by atoms with E-state index in [2.05, 4.69) is 49.9 Å². The molecule has 0 aromatic heterocycles. The van der Waals surface area contributed by atoms with Gasteiger partial charge in [-0.2, -0.15) is 0 Å². The Balaban J connectivity index is 2.04. The third-order valence-electron chi connectivity index (χ3n) is 4.15.